The molecule has 1 aliphatic carbocycles. The zero-order valence-electron chi connectivity index (χ0n) is 9.84. The summed E-state index contributed by atoms with van der Waals surface area (Å²) >= 11 is 0. The summed E-state index contributed by atoms with van der Waals surface area (Å²) in [6.07, 6.45) is 6.71. The van der Waals surface area contributed by atoms with Crippen molar-refractivity contribution in [1.29, 1.82) is 0 Å². The number of hydrogen-bond donors (Lipinski definition) is 1. The van der Waals surface area contributed by atoms with Crippen LogP contribution in [-0.2, 0) is 6.42 Å². The normalized spacial score (nSPS) is 24.4. The minimum absolute atomic E-state index is 0.0291. The zero-order valence-corrected chi connectivity index (χ0v) is 9.84. The second kappa shape index (κ2) is 5.41. The van der Waals surface area contributed by atoms with Crippen molar-refractivity contribution in [2.24, 2.45) is 5.92 Å². The summed E-state index contributed by atoms with van der Waals surface area (Å²) in [5.74, 6) is 0.706. The average Bonchev–Trinajstić information content (AvgIpc) is 2.26. The molecular weight excluding hydrogens is 200 g/mol. The molecule has 1 N–H and O–H groups in total. The van der Waals surface area contributed by atoms with E-state index in [4.69, 9.17) is 0 Å². The summed E-state index contributed by atoms with van der Waals surface area (Å²) in [5, 5.41) is 9.21. The Morgan fingerprint density at radius 2 is 2.06 bits per heavy atom. The van der Waals surface area contributed by atoms with Crippen LogP contribution in [0.5, 0.6) is 0 Å². The highest BCUT2D eigenvalue weighted by Crippen LogP contribution is 2.27. The zero-order chi connectivity index (χ0) is 11.4. The molecule has 3 nitrogen and oxygen atoms in total. The van der Waals surface area contributed by atoms with Crippen LogP contribution in [0.25, 0.3) is 0 Å². The highest BCUT2D eigenvalue weighted by molar-refractivity contribution is 5.09. The third-order valence-corrected chi connectivity index (χ3v) is 3.31. The maximum absolute atomic E-state index is 9.21. The minimum atomic E-state index is -0.0291. The second-order valence-electron chi connectivity index (χ2n) is 4.86. The predicted molar refractivity (Wildman–Crippen MR) is 64.2 cm³/mol. The van der Waals surface area contributed by atoms with Crippen LogP contribution in [0.4, 0.5) is 0 Å². The maximum atomic E-state index is 9.21. The van der Waals surface area contributed by atoms with Crippen LogP contribution < -0.4 is 0 Å². The van der Waals surface area contributed by atoms with Crippen molar-refractivity contribution < 1.29 is 5.11 Å². The number of nitrogens with zero attached hydrogens (tertiary/aromatic N) is 2. The topological polar surface area (TPSA) is 36.4 Å². The number of aliphatic hydroxyl groups is 1. The summed E-state index contributed by atoms with van der Waals surface area (Å²) in [5.41, 5.74) is 1.34. The quantitative estimate of drug-likeness (QED) is 0.813. The third kappa shape index (κ3) is 3.29. The fraction of sp³-hybridized carbons (Fsp3) is 0.615. The van der Waals surface area contributed by atoms with Gasteiger partial charge in [0.1, 0.15) is 0 Å². The van der Waals surface area contributed by atoms with Crippen LogP contribution in [0.3, 0.4) is 0 Å². The molecule has 1 aromatic rings. The first-order chi connectivity index (χ1) is 7.74. The number of aromatic nitrogens is 1. The van der Waals surface area contributed by atoms with Gasteiger partial charge in [-0.05, 0) is 49.9 Å². The SMILES string of the molecule is CN(CCc1ccncc1)CC1CC(O)C1. The number of likely N-dealkylation sites (N-methyl/N-ethyl adjacent to an activating group) is 1. The Hall–Kier alpha value is -0.930. The summed E-state index contributed by atoms with van der Waals surface area (Å²) in [6.45, 7) is 2.19. The first-order valence-electron chi connectivity index (χ1n) is 5.99. The molecule has 2 rings (SSSR count). The number of rotatable bonds is 5. The van der Waals surface area contributed by atoms with Gasteiger partial charge < -0.3 is 10.0 Å². The van der Waals surface area contributed by atoms with Gasteiger partial charge in [-0.2, -0.15) is 0 Å². The lowest BCUT2D eigenvalue weighted by molar-refractivity contribution is 0.0285. The summed E-state index contributed by atoms with van der Waals surface area (Å²) in [7, 11) is 2.16. The molecule has 3 heteroatoms. The fourth-order valence-electron chi connectivity index (χ4n) is 2.25. The first-order valence-corrected chi connectivity index (χ1v) is 5.99. The van der Waals surface area contributed by atoms with Crippen molar-refractivity contribution in [2.45, 2.75) is 25.4 Å². The Balaban J connectivity index is 1.66. The summed E-state index contributed by atoms with van der Waals surface area (Å²) in [6, 6.07) is 4.14. The second-order valence-corrected chi connectivity index (χ2v) is 4.86. The van der Waals surface area contributed by atoms with Crippen LogP contribution in [-0.4, -0.2) is 41.2 Å². The van der Waals surface area contributed by atoms with Gasteiger partial charge in [0.2, 0.25) is 0 Å². The smallest absolute Gasteiger partial charge is 0.0546 e. The molecule has 0 spiro atoms. The van der Waals surface area contributed by atoms with E-state index in [2.05, 4.69) is 29.1 Å². The molecule has 1 heterocycles. The standard InChI is InChI=1S/C13H20N2O/c1-15(10-12-8-13(16)9-12)7-4-11-2-5-14-6-3-11/h2-3,5-6,12-13,16H,4,7-10H2,1H3. The summed E-state index contributed by atoms with van der Waals surface area (Å²) in [4.78, 5) is 6.37. The Kier molecular flexibility index (Phi) is 3.91. The molecular formula is C13H20N2O. The van der Waals surface area contributed by atoms with E-state index in [9.17, 15) is 5.11 Å². The monoisotopic (exact) mass is 220 g/mol. The molecule has 0 saturated heterocycles. The maximum Gasteiger partial charge on any atom is 0.0546 e. The number of hydrogen-bond acceptors (Lipinski definition) is 3. The predicted octanol–water partition coefficient (Wildman–Crippen LogP) is 1.33. The number of pyridine rings is 1. The lowest BCUT2D eigenvalue weighted by Gasteiger charge is -2.34. The third-order valence-electron chi connectivity index (χ3n) is 3.31. The molecule has 1 aliphatic rings. The van der Waals surface area contributed by atoms with E-state index in [0.29, 0.717) is 5.92 Å². The molecule has 0 unspecified atom stereocenters. The Bertz CT molecular complexity index is 309. The van der Waals surface area contributed by atoms with Crippen molar-refractivity contribution in [2.75, 3.05) is 20.1 Å². The molecule has 16 heavy (non-hydrogen) atoms. The van der Waals surface area contributed by atoms with Crippen LogP contribution in [0, 0.1) is 5.92 Å². The molecule has 1 fully saturated rings. The van der Waals surface area contributed by atoms with Crippen LogP contribution >= 0.6 is 0 Å². The highest BCUT2D eigenvalue weighted by atomic mass is 16.3. The van der Waals surface area contributed by atoms with Crippen molar-refractivity contribution in [3.05, 3.63) is 30.1 Å². The molecule has 0 atom stereocenters. The van der Waals surface area contributed by atoms with E-state index in [1.54, 1.807) is 0 Å². The lowest BCUT2D eigenvalue weighted by Crippen LogP contribution is -2.37. The molecule has 1 saturated carbocycles. The Labute approximate surface area is 97.1 Å². The molecule has 0 bridgehead atoms. The van der Waals surface area contributed by atoms with E-state index in [1.165, 1.54) is 5.56 Å². The van der Waals surface area contributed by atoms with Crippen LogP contribution in [0.2, 0.25) is 0 Å². The molecule has 1 aromatic heterocycles. The van der Waals surface area contributed by atoms with Crippen molar-refractivity contribution in [1.82, 2.24) is 9.88 Å². The van der Waals surface area contributed by atoms with E-state index in [0.717, 1.165) is 32.4 Å². The highest BCUT2D eigenvalue weighted by Gasteiger charge is 2.27. The number of aliphatic hydroxyl groups excluding tert-OH is 1. The van der Waals surface area contributed by atoms with Gasteiger partial charge >= 0.3 is 0 Å². The fourth-order valence-corrected chi connectivity index (χ4v) is 2.25. The van der Waals surface area contributed by atoms with Crippen LogP contribution in [0.1, 0.15) is 18.4 Å². The van der Waals surface area contributed by atoms with Gasteiger partial charge in [-0.3, -0.25) is 4.98 Å². The summed E-state index contributed by atoms with van der Waals surface area (Å²) < 4.78 is 0. The van der Waals surface area contributed by atoms with Gasteiger partial charge in [-0.15, -0.1) is 0 Å². The van der Waals surface area contributed by atoms with E-state index >= 15 is 0 Å². The van der Waals surface area contributed by atoms with E-state index < -0.39 is 0 Å². The van der Waals surface area contributed by atoms with Gasteiger partial charge in [0.05, 0.1) is 6.10 Å². The molecule has 88 valence electrons. The van der Waals surface area contributed by atoms with Gasteiger partial charge in [0.15, 0.2) is 0 Å². The lowest BCUT2D eigenvalue weighted by atomic mass is 9.82. The van der Waals surface area contributed by atoms with Gasteiger partial charge in [-0.25, -0.2) is 0 Å². The molecule has 0 aliphatic heterocycles. The van der Waals surface area contributed by atoms with Crippen molar-refractivity contribution in [3.8, 4) is 0 Å². The van der Waals surface area contributed by atoms with E-state index in [-0.39, 0.29) is 6.10 Å². The molecule has 0 aromatic carbocycles. The minimum Gasteiger partial charge on any atom is -0.393 e. The molecule has 0 radical (unpaired) electrons. The first kappa shape index (κ1) is 11.6. The van der Waals surface area contributed by atoms with Crippen molar-refractivity contribution >= 4 is 0 Å². The Morgan fingerprint density at radius 1 is 1.38 bits per heavy atom. The van der Waals surface area contributed by atoms with Gasteiger partial charge in [0, 0.05) is 25.5 Å². The van der Waals surface area contributed by atoms with Crippen LogP contribution in [0.15, 0.2) is 24.5 Å². The van der Waals surface area contributed by atoms with Gasteiger partial charge in [-0.1, -0.05) is 0 Å². The Morgan fingerprint density at radius 3 is 2.69 bits per heavy atom. The molecule has 0 amide bonds. The van der Waals surface area contributed by atoms with Crippen molar-refractivity contribution in [3.63, 3.8) is 0 Å². The van der Waals surface area contributed by atoms with Gasteiger partial charge in [0.25, 0.3) is 0 Å². The average molecular weight is 220 g/mol. The van der Waals surface area contributed by atoms with E-state index in [1.807, 2.05) is 12.4 Å². The largest absolute Gasteiger partial charge is 0.393 e.